The highest BCUT2D eigenvalue weighted by molar-refractivity contribution is 7.92. The summed E-state index contributed by atoms with van der Waals surface area (Å²) in [5.74, 6) is -0.574. The van der Waals surface area contributed by atoms with Gasteiger partial charge in [-0.2, -0.15) is 5.10 Å². The number of para-hydroxylation sites is 1. The van der Waals surface area contributed by atoms with Gasteiger partial charge in [0.2, 0.25) is 10.0 Å². The van der Waals surface area contributed by atoms with Gasteiger partial charge in [0.05, 0.1) is 30.2 Å². The van der Waals surface area contributed by atoms with Crippen LogP contribution >= 0.6 is 0 Å². The van der Waals surface area contributed by atoms with E-state index in [4.69, 9.17) is 4.74 Å². The van der Waals surface area contributed by atoms with Crippen LogP contribution in [-0.4, -0.2) is 44.9 Å². The maximum Gasteiger partial charge on any atom is 0.311 e. The number of anilines is 1. The molecule has 0 unspecified atom stereocenters. The fourth-order valence-corrected chi connectivity index (χ4v) is 3.75. The van der Waals surface area contributed by atoms with Gasteiger partial charge in [0, 0.05) is 11.6 Å². The second-order valence-electron chi connectivity index (χ2n) is 5.99. The number of hydrogen-bond acceptors (Lipinski definition) is 7. The summed E-state index contributed by atoms with van der Waals surface area (Å²) in [6.45, 7) is 1.43. The third-order valence-corrected chi connectivity index (χ3v) is 5.13. The van der Waals surface area contributed by atoms with Gasteiger partial charge in [-0.1, -0.05) is 18.2 Å². The highest BCUT2D eigenvalue weighted by Crippen LogP contribution is 2.26. The average Bonchev–Trinajstić information content (AvgIpc) is 2.67. The molecule has 2 rings (SSSR count). The quantitative estimate of drug-likeness (QED) is 0.394. The molecule has 2 aromatic rings. The third-order valence-electron chi connectivity index (χ3n) is 3.89. The van der Waals surface area contributed by atoms with E-state index in [0.717, 1.165) is 10.6 Å². The zero-order valence-corrected chi connectivity index (χ0v) is 16.8. The number of nitrogens with one attached hydrogen (secondary N) is 1. The zero-order valence-electron chi connectivity index (χ0n) is 16.0. The lowest BCUT2D eigenvalue weighted by atomic mass is 10.2. The Balaban J connectivity index is 2.17. The number of nitro groups is 1. The first kappa shape index (κ1) is 21.8. The molecule has 0 bridgehead atoms. The van der Waals surface area contributed by atoms with Gasteiger partial charge in [0.25, 0.3) is 5.91 Å². The summed E-state index contributed by atoms with van der Waals surface area (Å²) in [4.78, 5) is 22.9. The molecule has 1 atom stereocenters. The molecule has 0 saturated carbocycles. The number of nitro benzene ring substituents is 1. The summed E-state index contributed by atoms with van der Waals surface area (Å²) in [5, 5.41) is 14.8. The van der Waals surface area contributed by atoms with Gasteiger partial charge < -0.3 is 4.74 Å². The molecule has 0 radical (unpaired) electrons. The molecular weight excluding hydrogens is 400 g/mol. The van der Waals surface area contributed by atoms with Gasteiger partial charge in [0.15, 0.2) is 5.75 Å². The Kier molecular flexibility index (Phi) is 6.89. The Bertz CT molecular complexity index is 1020. The van der Waals surface area contributed by atoms with E-state index < -0.39 is 26.9 Å². The summed E-state index contributed by atoms with van der Waals surface area (Å²) >= 11 is 0. The van der Waals surface area contributed by atoms with Crippen LogP contribution in [0.1, 0.15) is 12.5 Å². The van der Waals surface area contributed by atoms with Crippen LogP contribution in [0.4, 0.5) is 11.4 Å². The number of rotatable bonds is 8. The summed E-state index contributed by atoms with van der Waals surface area (Å²) < 4.78 is 30.2. The lowest BCUT2D eigenvalue weighted by Gasteiger charge is -2.27. The van der Waals surface area contributed by atoms with E-state index in [2.05, 4.69) is 10.5 Å². The number of benzene rings is 2. The van der Waals surface area contributed by atoms with Crippen molar-refractivity contribution in [1.29, 1.82) is 0 Å². The average molecular weight is 420 g/mol. The van der Waals surface area contributed by atoms with Crippen LogP contribution in [0.25, 0.3) is 0 Å². The van der Waals surface area contributed by atoms with E-state index in [0.29, 0.717) is 11.3 Å². The van der Waals surface area contributed by atoms with E-state index in [9.17, 15) is 23.3 Å². The van der Waals surface area contributed by atoms with E-state index >= 15 is 0 Å². The Labute approximate surface area is 168 Å². The van der Waals surface area contributed by atoms with Crippen LogP contribution in [0.3, 0.4) is 0 Å². The minimum Gasteiger partial charge on any atom is -0.490 e. The van der Waals surface area contributed by atoms with Gasteiger partial charge >= 0.3 is 5.69 Å². The number of hydrazone groups is 1. The lowest BCUT2D eigenvalue weighted by molar-refractivity contribution is -0.385. The van der Waals surface area contributed by atoms with Crippen molar-refractivity contribution in [1.82, 2.24) is 5.43 Å². The molecule has 0 aliphatic rings. The Morgan fingerprint density at radius 3 is 2.48 bits per heavy atom. The van der Waals surface area contributed by atoms with Crippen LogP contribution in [0, 0.1) is 10.1 Å². The number of carbonyl (C=O) groups is 1. The second-order valence-corrected chi connectivity index (χ2v) is 7.85. The van der Waals surface area contributed by atoms with Gasteiger partial charge in [0.1, 0.15) is 6.04 Å². The van der Waals surface area contributed by atoms with E-state index in [-0.39, 0.29) is 11.4 Å². The molecule has 0 aromatic heterocycles. The standard InChI is InChI=1S/C18H20N4O6S/c1-13(21(29(3,26)27)15-7-5-4-6-8-15)18(23)20-19-12-14-9-10-17(28-2)16(11-14)22(24)25/h4-13H,1-3H3,(H,20,23)/t13-/m0/s1. The first-order chi connectivity index (χ1) is 13.6. The Morgan fingerprint density at radius 1 is 1.28 bits per heavy atom. The normalized spacial score (nSPS) is 12.4. The van der Waals surface area contributed by atoms with Crippen molar-refractivity contribution >= 4 is 33.5 Å². The summed E-state index contributed by atoms with van der Waals surface area (Å²) in [6.07, 6.45) is 2.22. The maximum absolute atomic E-state index is 12.4. The summed E-state index contributed by atoms with van der Waals surface area (Å²) in [6, 6.07) is 11.3. The van der Waals surface area contributed by atoms with Gasteiger partial charge in [-0.15, -0.1) is 0 Å². The summed E-state index contributed by atoms with van der Waals surface area (Å²) in [7, 11) is -2.41. The molecule has 0 heterocycles. The number of nitrogens with zero attached hydrogens (tertiary/aromatic N) is 3. The molecule has 0 fully saturated rings. The zero-order chi connectivity index (χ0) is 21.6. The molecule has 11 heteroatoms. The van der Waals surface area contributed by atoms with Crippen LogP contribution in [-0.2, 0) is 14.8 Å². The van der Waals surface area contributed by atoms with Crippen LogP contribution in [0.5, 0.6) is 5.75 Å². The van der Waals surface area contributed by atoms with Crippen molar-refractivity contribution in [3.63, 3.8) is 0 Å². The number of carbonyl (C=O) groups excluding carboxylic acids is 1. The van der Waals surface area contributed by atoms with Crippen molar-refractivity contribution in [2.45, 2.75) is 13.0 Å². The number of ether oxygens (including phenoxy) is 1. The van der Waals surface area contributed by atoms with Gasteiger partial charge in [-0.25, -0.2) is 13.8 Å². The van der Waals surface area contributed by atoms with Gasteiger partial charge in [-0.05, 0) is 31.2 Å². The molecule has 1 N–H and O–H groups in total. The fourth-order valence-electron chi connectivity index (χ4n) is 2.58. The molecule has 10 nitrogen and oxygen atoms in total. The van der Waals surface area contributed by atoms with Crippen molar-refractivity contribution in [3.8, 4) is 5.75 Å². The van der Waals surface area contributed by atoms with E-state index in [1.54, 1.807) is 30.3 Å². The minimum atomic E-state index is -3.73. The predicted octanol–water partition coefficient (Wildman–Crippen LogP) is 1.91. The van der Waals surface area contributed by atoms with Crippen molar-refractivity contribution in [2.24, 2.45) is 5.10 Å². The van der Waals surface area contributed by atoms with Gasteiger partial charge in [-0.3, -0.25) is 19.2 Å². The first-order valence-electron chi connectivity index (χ1n) is 8.35. The lowest BCUT2D eigenvalue weighted by Crippen LogP contribution is -2.46. The molecule has 0 spiro atoms. The predicted molar refractivity (Wildman–Crippen MR) is 109 cm³/mol. The number of methoxy groups -OCH3 is 1. The highest BCUT2D eigenvalue weighted by Gasteiger charge is 2.28. The fraction of sp³-hybridized carbons (Fsp3) is 0.222. The Hall–Kier alpha value is -3.47. The molecule has 0 aliphatic heterocycles. The molecule has 1 amide bonds. The first-order valence-corrected chi connectivity index (χ1v) is 10.2. The molecule has 0 saturated heterocycles. The molecule has 0 aliphatic carbocycles. The smallest absolute Gasteiger partial charge is 0.311 e. The topological polar surface area (TPSA) is 131 Å². The molecule has 154 valence electrons. The molecular formula is C18H20N4O6S. The van der Waals surface area contributed by atoms with Crippen molar-refractivity contribution < 1.29 is 22.9 Å². The summed E-state index contributed by atoms with van der Waals surface area (Å²) in [5.41, 5.74) is 2.70. The van der Waals surface area contributed by atoms with E-state index in [1.807, 2.05) is 0 Å². The Morgan fingerprint density at radius 2 is 1.93 bits per heavy atom. The van der Waals surface area contributed by atoms with E-state index in [1.165, 1.54) is 38.4 Å². The van der Waals surface area contributed by atoms with Crippen LogP contribution < -0.4 is 14.5 Å². The number of amides is 1. The number of hydrogen-bond donors (Lipinski definition) is 1. The number of sulfonamides is 1. The monoisotopic (exact) mass is 420 g/mol. The maximum atomic E-state index is 12.4. The van der Waals surface area contributed by atoms with Crippen LogP contribution in [0.2, 0.25) is 0 Å². The largest absolute Gasteiger partial charge is 0.490 e. The third kappa shape index (κ3) is 5.51. The molecule has 29 heavy (non-hydrogen) atoms. The van der Waals surface area contributed by atoms with Crippen molar-refractivity contribution in [2.75, 3.05) is 17.7 Å². The SMILES string of the molecule is COc1ccc(C=NNC(=O)[C@H](C)N(c2ccccc2)S(C)(=O)=O)cc1[N+](=O)[O-]. The van der Waals surface area contributed by atoms with Crippen LogP contribution in [0.15, 0.2) is 53.6 Å². The highest BCUT2D eigenvalue weighted by atomic mass is 32.2. The van der Waals surface area contributed by atoms with Crippen molar-refractivity contribution in [3.05, 3.63) is 64.2 Å². The minimum absolute atomic E-state index is 0.0939. The molecule has 2 aromatic carbocycles. The second kappa shape index (κ2) is 9.15.